The second-order valence-corrected chi connectivity index (χ2v) is 7.34. The Bertz CT molecular complexity index is 268. The van der Waals surface area contributed by atoms with Gasteiger partial charge in [-0.05, 0) is 31.7 Å². The Balaban J connectivity index is 1.99. The maximum absolute atomic E-state index is 5.76. The van der Waals surface area contributed by atoms with Crippen LogP contribution in [0.2, 0.25) is 0 Å². The van der Waals surface area contributed by atoms with Gasteiger partial charge in [0.2, 0.25) is 0 Å². The average molecular weight is 282 g/mol. The molecule has 0 amide bonds. The second-order valence-electron chi connectivity index (χ2n) is 7.34. The summed E-state index contributed by atoms with van der Waals surface area (Å²) in [5.41, 5.74) is 0.355. The Kier molecular flexibility index (Phi) is 6.31. The van der Waals surface area contributed by atoms with Crippen molar-refractivity contribution in [2.24, 2.45) is 11.3 Å². The minimum atomic E-state index is 0.355. The molecule has 20 heavy (non-hydrogen) atoms. The highest BCUT2D eigenvalue weighted by atomic mass is 16.5. The van der Waals surface area contributed by atoms with Crippen LogP contribution >= 0.6 is 0 Å². The van der Waals surface area contributed by atoms with E-state index in [1.165, 1.54) is 45.2 Å². The molecule has 1 unspecified atom stereocenters. The van der Waals surface area contributed by atoms with Gasteiger partial charge in [0, 0.05) is 37.7 Å². The molecule has 0 radical (unpaired) electrons. The molecular formula is C17H34N2O. The van der Waals surface area contributed by atoms with Crippen molar-refractivity contribution in [3.05, 3.63) is 0 Å². The van der Waals surface area contributed by atoms with Crippen molar-refractivity contribution in [1.29, 1.82) is 0 Å². The topological polar surface area (TPSA) is 24.5 Å². The van der Waals surface area contributed by atoms with Crippen LogP contribution in [0.15, 0.2) is 0 Å². The summed E-state index contributed by atoms with van der Waals surface area (Å²) >= 11 is 0. The van der Waals surface area contributed by atoms with Gasteiger partial charge in [0.25, 0.3) is 0 Å². The van der Waals surface area contributed by atoms with Crippen molar-refractivity contribution in [3.63, 3.8) is 0 Å². The smallest absolute Gasteiger partial charge is 0.0547 e. The average Bonchev–Trinajstić information content (AvgIpc) is 3.07. The number of rotatable bonds is 8. The van der Waals surface area contributed by atoms with E-state index in [0.29, 0.717) is 5.41 Å². The Morgan fingerprint density at radius 1 is 1.30 bits per heavy atom. The molecule has 1 atom stereocenters. The van der Waals surface area contributed by atoms with Crippen molar-refractivity contribution in [3.8, 4) is 0 Å². The summed E-state index contributed by atoms with van der Waals surface area (Å²) in [4.78, 5) is 2.80. The van der Waals surface area contributed by atoms with Gasteiger partial charge in [0.1, 0.15) is 0 Å². The molecule has 3 nitrogen and oxygen atoms in total. The standard InChI is InChI=1S/C17H34N2O/c1-4-18-12-17(9-10-20-14-17)13-19(11-15(2)3)16-7-5-6-8-16/h15-16,18H,4-14H2,1-3H3. The summed E-state index contributed by atoms with van der Waals surface area (Å²) in [6.45, 7) is 13.5. The quantitative estimate of drug-likeness (QED) is 0.741. The van der Waals surface area contributed by atoms with E-state index in [4.69, 9.17) is 4.74 Å². The number of ether oxygens (including phenoxy) is 1. The second kappa shape index (κ2) is 7.77. The van der Waals surface area contributed by atoms with Gasteiger partial charge in [0.05, 0.1) is 6.61 Å². The van der Waals surface area contributed by atoms with E-state index in [-0.39, 0.29) is 0 Å². The number of hydrogen-bond acceptors (Lipinski definition) is 3. The van der Waals surface area contributed by atoms with Crippen molar-refractivity contribution in [2.45, 2.75) is 58.9 Å². The molecule has 118 valence electrons. The van der Waals surface area contributed by atoms with Crippen LogP contribution in [0.3, 0.4) is 0 Å². The van der Waals surface area contributed by atoms with E-state index >= 15 is 0 Å². The van der Waals surface area contributed by atoms with Gasteiger partial charge in [-0.2, -0.15) is 0 Å². The van der Waals surface area contributed by atoms with Gasteiger partial charge in [-0.3, -0.25) is 4.90 Å². The third-order valence-corrected chi connectivity index (χ3v) is 4.91. The summed E-state index contributed by atoms with van der Waals surface area (Å²) in [7, 11) is 0. The van der Waals surface area contributed by atoms with Crippen molar-refractivity contribution >= 4 is 0 Å². The molecule has 1 heterocycles. The minimum Gasteiger partial charge on any atom is -0.381 e. The van der Waals surface area contributed by atoms with E-state index in [0.717, 1.165) is 38.3 Å². The van der Waals surface area contributed by atoms with Gasteiger partial charge < -0.3 is 10.1 Å². The van der Waals surface area contributed by atoms with Gasteiger partial charge in [-0.25, -0.2) is 0 Å². The van der Waals surface area contributed by atoms with E-state index in [9.17, 15) is 0 Å². The maximum Gasteiger partial charge on any atom is 0.0547 e. The van der Waals surface area contributed by atoms with Crippen LogP contribution in [-0.4, -0.2) is 50.3 Å². The first kappa shape index (κ1) is 16.3. The molecule has 2 rings (SSSR count). The van der Waals surface area contributed by atoms with Crippen LogP contribution in [0.4, 0.5) is 0 Å². The molecule has 3 heteroatoms. The van der Waals surface area contributed by atoms with E-state index < -0.39 is 0 Å². The zero-order valence-corrected chi connectivity index (χ0v) is 13.8. The Morgan fingerprint density at radius 3 is 2.60 bits per heavy atom. The fourth-order valence-electron chi connectivity index (χ4n) is 3.87. The molecule has 1 saturated carbocycles. The monoisotopic (exact) mass is 282 g/mol. The molecule has 0 bridgehead atoms. The van der Waals surface area contributed by atoms with Gasteiger partial charge in [0.15, 0.2) is 0 Å². The van der Waals surface area contributed by atoms with Crippen LogP contribution in [-0.2, 0) is 4.74 Å². The number of nitrogens with one attached hydrogen (secondary N) is 1. The molecule has 2 fully saturated rings. The van der Waals surface area contributed by atoms with E-state index in [2.05, 4.69) is 31.0 Å². The Hall–Kier alpha value is -0.120. The highest BCUT2D eigenvalue weighted by Crippen LogP contribution is 2.33. The highest BCUT2D eigenvalue weighted by molar-refractivity contribution is 4.91. The normalized spacial score (nSPS) is 28.1. The summed E-state index contributed by atoms with van der Waals surface area (Å²) in [6, 6.07) is 0.830. The lowest BCUT2D eigenvalue weighted by atomic mass is 9.85. The van der Waals surface area contributed by atoms with Gasteiger partial charge >= 0.3 is 0 Å². The van der Waals surface area contributed by atoms with Crippen LogP contribution in [0.1, 0.15) is 52.9 Å². The van der Waals surface area contributed by atoms with Crippen molar-refractivity contribution < 1.29 is 4.74 Å². The molecular weight excluding hydrogens is 248 g/mol. The molecule has 1 aliphatic heterocycles. The lowest BCUT2D eigenvalue weighted by Crippen LogP contribution is -2.48. The van der Waals surface area contributed by atoms with Gasteiger partial charge in [-0.1, -0.05) is 33.6 Å². The first-order chi connectivity index (χ1) is 9.65. The Labute approximate surface area is 125 Å². The first-order valence-corrected chi connectivity index (χ1v) is 8.68. The van der Waals surface area contributed by atoms with Crippen molar-refractivity contribution in [1.82, 2.24) is 10.2 Å². The van der Waals surface area contributed by atoms with Crippen LogP contribution in [0.5, 0.6) is 0 Å². The van der Waals surface area contributed by atoms with E-state index in [1.54, 1.807) is 0 Å². The molecule has 0 aromatic carbocycles. The summed E-state index contributed by atoms with van der Waals surface area (Å²) in [5.74, 6) is 0.758. The summed E-state index contributed by atoms with van der Waals surface area (Å²) in [6.07, 6.45) is 6.89. The van der Waals surface area contributed by atoms with E-state index in [1.807, 2.05) is 0 Å². The minimum absolute atomic E-state index is 0.355. The predicted octanol–water partition coefficient (Wildman–Crippen LogP) is 2.90. The predicted molar refractivity (Wildman–Crippen MR) is 85.1 cm³/mol. The third-order valence-electron chi connectivity index (χ3n) is 4.91. The SMILES string of the molecule is CCNCC1(CN(CC(C)C)C2CCCC2)CCOC1. The fourth-order valence-corrected chi connectivity index (χ4v) is 3.87. The van der Waals surface area contributed by atoms with Crippen LogP contribution < -0.4 is 5.32 Å². The molecule has 1 aliphatic carbocycles. The first-order valence-electron chi connectivity index (χ1n) is 8.68. The molecule has 0 spiro atoms. The number of nitrogens with zero attached hydrogens (tertiary/aromatic N) is 1. The van der Waals surface area contributed by atoms with Gasteiger partial charge in [-0.15, -0.1) is 0 Å². The largest absolute Gasteiger partial charge is 0.381 e. The summed E-state index contributed by atoms with van der Waals surface area (Å²) < 4.78 is 5.76. The third kappa shape index (κ3) is 4.44. The van der Waals surface area contributed by atoms with Crippen LogP contribution in [0, 0.1) is 11.3 Å². The number of hydrogen-bond donors (Lipinski definition) is 1. The van der Waals surface area contributed by atoms with Crippen LogP contribution in [0.25, 0.3) is 0 Å². The maximum atomic E-state index is 5.76. The lowest BCUT2D eigenvalue weighted by Gasteiger charge is -2.38. The molecule has 0 aromatic rings. The fraction of sp³-hybridized carbons (Fsp3) is 1.00. The summed E-state index contributed by atoms with van der Waals surface area (Å²) in [5, 5.41) is 3.57. The lowest BCUT2D eigenvalue weighted by molar-refractivity contribution is 0.0781. The zero-order chi connectivity index (χ0) is 14.4. The molecule has 0 aromatic heterocycles. The van der Waals surface area contributed by atoms with Crippen molar-refractivity contribution in [2.75, 3.05) is 39.4 Å². The highest BCUT2D eigenvalue weighted by Gasteiger charge is 2.38. The molecule has 1 saturated heterocycles. The molecule has 1 N–H and O–H groups in total. The zero-order valence-electron chi connectivity index (χ0n) is 13.8. The Morgan fingerprint density at radius 2 is 2.05 bits per heavy atom. The molecule has 2 aliphatic rings.